The van der Waals surface area contributed by atoms with Crippen LogP contribution in [0, 0.1) is 0 Å². The van der Waals surface area contributed by atoms with Gasteiger partial charge in [0.2, 0.25) is 0 Å². The third-order valence-electron chi connectivity index (χ3n) is 1.90. The zero-order chi connectivity index (χ0) is 11.7. The van der Waals surface area contributed by atoms with Crippen LogP contribution in [-0.4, -0.2) is 0 Å². The van der Waals surface area contributed by atoms with Gasteiger partial charge in [0.15, 0.2) is 0 Å². The minimum Gasteiger partial charge on any atom is -0.133 e. The lowest BCUT2D eigenvalue weighted by Gasteiger charge is -2.03. The van der Waals surface area contributed by atoms with Gasteiger partial charge in [-0.2, -0.15) is 0 Å². The molecule has 0 aliphatic carbocycles. The van der Waals surface area contributed by atoms with Gasteiger partial charge >= 0.3 is 0 Å². The third-order valence-corrected chi connectivity index (χ3v) is 1.90. The molecule has 0 bridgehead atoms. The number of hydrogen-bond acceptors (Lipinski definition) is 0. The smallest absolute Gasteiger partial charge is 0.00188 e. The first-order chi connectivity index (χ1) is 7.15. The summed E-state index contributed by atoms with van der Waals surface area (Å²) >= 11 is 0. The Labute approximate surface area is 93.0 Å². The lowest BCUT2D eigenvalue weighted by atomic mass is 10.0. The van der Waals surface area contributed by atoms with Crippen molar-refractivity contribution in [3.05, 3.63) is 79.1 Å². The predicted octanol–water partition coefficient (Wildman–Crippen LogP) is 4.52. The van der Waals surface area contributed by atoms with Crippen molar-refractivity contribution in [3.8, 4) is 0 Å². The summed E-state index contributed by atoms with van der Waals surface area (Å²) in [5, 5.41) is 0. The molecule has 0 fully saturated rings. The molecule has 0 heteroatoms. The van der Waals surface area contributed by atoms with Crippen molar-refractivity contribution >= 4 is 0 Å². The van der Waals surface area contributed by atoms with Gasteiger partial charge in [0.05, 0.1) is 0 Å². The molecule has 0 spiro atoms. The fourth-order valence-corrected chi connectivity index (χ4v) is 1.05. The van der Waals surface area contributed by atoms with E-state index in [1.54, 1.807) is 12.2 Å². The highest BCUT2D eigenvalue weighted by atomic mass is 14.0. The van der Waals surface area contributed by atoms with Crippen LogP contribution in [0.15, 0.2) is 79.1 Å². The van der Waals surface area contributed by atoms with E-state index >= 15 is 0 Å². The van der Waals surface area contributed by atoms with Crippen LogP contribution in [-0.2, 0) is 0 Å². The molecular formula is C15H18. The first-order valence-electron chi connectivity index (χ1n) is 4.81. The average molecular weight is 198 g/mol. The maximum absolute atomic E-state index is 3.93. The number of hydrogen-bond donors (Lipinski definition) is 0. The van der Waals surface area contributed by atoms with E-state index in [2.05, 4.69) is 32.0 Å². The topological polar surface area (TPSA) is 0 Å². The van der Waals surface area contributed by atoms with Gasteiger partial charge in [-0.05, 0) is 30.6 Å². The second-order valence-electron chi connectivity index (χ2n) is 3.17. The van der Waals surface area contributed by atoms with Gasteiger partial charge in [0.25, 0.3) is 0 Å². The summed E-state index contributed by atoms with van der Waals surface area (Å²) in [6, 6.07) is 0. The van der Waals surface area contributed by atoms with E-state index < -0.39 is 0 Å². The van der Waals surface area contributed by atoms with E-state index in [9.17, 15) is 0 Å². The molecule has 0 aromatic rings. The summed E-state index contributed by atoms with van der Waals surface area (Å²) in [6.07, 6.45) is 10.2. The Hall–Kier alpha value is -1.78. The Kier molecular flexibility index (Phi) is 6.70. The molecule has 78 valence electrons. The molecule has 0 aromatic carbocycles. The van der Waals surface area contributed by atoms with Crippen molar-refractivity contribution in [1.29, 1.82) is 0 Å². The van der Waals surface area contributed by atoms with Crippen LogP contribution in [0.1, 0.15) is 13.3 Å². The van der Waals surface area contributed by atoms with Crippen LogP contribution in [0.25, 0.3) is 0 Å². The molecule has 0 unspecified atom stereocenters. The van der Waals surface area contributed by atoms with Gasteiger partial charge in [-0.3, -0.25) is 0 Å². The SMILES string of the molecule is C=C=CCC(=CC(C=C)=CC=C)C(=C)C. The lowest BCUT2D eigenvalue weighted by Crippen LogP contribution is -1.84. The van der Waals surface area contributed by atoms with Gasteiger partial charge in [-0.1, -0.05) is 56.2 Å². The largest absolute Gasteiger partial charge is 0.133 e. The molecule has 0 atom stereocenters. The Bertz CT molecular complexity index is 355. The summed E-state index contributed by atoms with van der Waals surface area (Å²) in [5.41, 5.74) is 5.97. The van der Waals surface area contributed by atoms with Crippen molar-refractivity contribution in [2.75, 3.05) is 0 Å². The van der Waals surface area contributed by atoms with E-state index in [1.807, 2.05) is 25.2 Å². The minimum absolute atomic E-state index is 0.793. The van der Waals surface area contributed by atoms with Crippen LogP contribution in [0.5, 0.6) is 0 Å². The first kappa shape index (κ1) is 13.2. The fraction of sp³-hybridized carbons (Fsp3) is 0.133. The molecule has 0 aromatic heterocycles. The standard InChI is InChI=1S/C15H18/c1-6-9-11-15(13(4)5)12-14(8-3)10-7-2/h7-10,12H,1-4,11H2,5H3. The Morgan fingerprint density at radius 2 is 2.00 bits per heavy atom. The summed E-state index contributed by atoms with van der Waals surface area (Å²) < 4.78 is 0. The summed E-state index contributed by atoms with van der Waals surface area (Å²) in [4.78, 5) is 0. The molecule has 0 aliphatic rings. The van der Waals surface area contributed by atoms with Gasteiger partial charge in [0, 0.05) is 0 Å². The van der Waals surface area contributed by atoms with Crippen molar-refractivity contribution in [1.82, 2.24) is 0 Å². The van der Waals surface area contributed by atoms with Crippen molar-refractivity contribution in [2.24, 2.45) is 0 Å². The highest BCUT2D eigenvalue weighted by molar-refractivity contribution is 5.41. The van der Waals surface area contributed by atoms with E-state index in [0.717, 1.165) is 23.1 Å². The molecule has 0 saturated heterocycles. The molecule has 0 heterocycles. The molecule has 0 N–H and O–H groups in total. The normalized spacial score (nSPS) is 11.5. The highest BCUT2D eigenvalue weighted by Crippen LogP contribution is 2.15. The van der Waals surface area contributed by atoms with E-state index in [-0.39, 0.29) is 0 Å². The second kappa shape index (κ2) is 7.61. The predicted molar refractivity (Wildman–Crippen MR) is 69.7 cm³/mol. The van der Waals surface area contributed by atoms with Crippen LogP contribution in [0.4, 0.5) is 0 Å². The maximum Gasteiger partial charge on any atom is -0.00188 e. The minimum atomic E-state index is 0.793. The molecule has 0 saturated carbocycles. The lowest BCUT2D eigenvalue weighted by molar-refractivity contribution is 1.21. The molecule has 0 radical (unpaired) electrons. The van der Waals surface area contributed by atoms with Gasteiger partial charge in [0.1, 0.15) is 0 Å². The zero-order valence-corrected chi connectivity index (χ0v) is 9.42. The molecule has 0 nitrogen and oxygen atoms in total. The average Bonchev–Trinajstić information content (AvgIpc) is 2.22. The fourth-order valence-electron chi connectivity index (χ4n) is 1.05. The highest BCUT2D eigenvalue weighted by Gasteiger charge is 1.96. The summed E-state index contributed by atoms with van der Waals surface area (Å²) in [7, 11) is 0. The molecule has 15 heavy (non-hydrogen) atoms. The Morgan fingerprint density at radius 3 is 2.40 bits per heavy atom. The molecular weight excluding hydrogens is 180 g/mol. The molecule has 0 amide bonds. The zero-order valence-electron chi connectivity index (χ0n) is 9.42. The van der Waals surface area contributed by atoms with Crippen LogP contribution in [0.2, 0.25) is 0 Å². The summed E-state index contributed by atoms with van der Waals surface area (Å²) in [5.74, 6) is 0. The van der Waals surface area contributed by atoms with E-state index in [1.165, 1.54) is 0 Å². The van der Waals surface area contributed by atoms with Gasteiger partial charge < -0.3 is 0 Å². The number of allylic oxidation sites excluding steroid dienone is 8. The van der Waals surface area contributed by atoms with Gasteiger partial charge in [-0.15, -0.1) is 5.73 Å². The maximum atomic E-state index is 3.93. The molecule has 0 aliphatic heterocycles. The number of rotatable bonds is 6. The first-order valence-corrected chi connectivity index (χ1v) is 4.81. The van der Waals surface area contributed by atoms with E-state index in [4.69, 9.17) is 0 Å². The van der Waals surface area contributed by atoms with E-state index in [0.29, 0.717) is 0 Å². The second-order valence-corrected chi connectivity index (χ2v) is 3.17. The van der Waals surface area contributed by atoms with Crippen LogP contribution >= 0.6 is 0 Å². The third kappa shape index (κ3) is 5.51. The van der Waals surface area contributed by atoms with Crippen molar-refractivity contribution in [3.63, 3.8) is 0 Å². The summed E-state index contributed by atoms with van der Waals surface area (Å²) in [6.45, 7) is 16.9. The Balaban J connectivity index is 5.03. The van der Waals surface area contributed by atoms with Crippen molar-refractivity contribution in [2.45, 2.75) is 13.3 Å². The van der Waals surface area contributed by atoms with Gasteiger partial charge in [-0.25, -0.2) is 0 Å². The van der Waals surface area contributed by atoms with Crippen LogP contribution < -0.4 is 0 Å². The quantitative estimate of drug-likeness (QED) is 0.435. The molecule has 0 rings (SSSR count). The van der Waals surface area contributed by atoms with Crippen molar-refractivity contribution < 1.29 is 0 Å². The Morgan fingerprint density at radius 1 is 1.33 bits per heavy atom. The monoisotopic (exact) mass is 198 g/mol. The van der Waals surface area contributed by atoms with Crippen LogP contribution in [0.3, 0.4) is 0 Å².